The van der Waals surface area contributed by atoms with Gasteiger partial charge in [-0.15, -0.1) is 5.10 Å². The average Bonchev–Trinajstić information content (AvgIpc) is 3.36. The molecular formula is C32H27F3N6O2S. The lowest BCUT2D eigenvalue weighted by atomic mass is 9.99. The van der Waals surface area contributed by atoms with Crippen LogP contribution in [-0.2, 0) is 11.0 Å². The third-order valence-electron chi connectivity index (χ3n) is 6.70. The van der Waals surface area contributed by atoms with Gasteiger partial charge in [0, 0.05) is 17.3 Å². The van der Waals surface area contributed by atoms with E-state index in [0.29, 0.717) is 22.3 Å². The minimum Gasteiger partial charge on any atom is -0.306 e. The van der Waals surface area contributed by atoms with E-state index < -0.39 is 17.6 Å². The Morgan fingerprint density at radius 1 is 1.05 bits per heavy atom. The fraction of sp³-hybridized carbons (Fsp3) is 0.188. The van der Waals surface area contributed by atoms with Crippen LogP contribution in [0, 0.1) is 6.92 Å². The first kappa shape index (κ1) is 30.6. The number of carbonyl (C=O) groups excluding carboxylic acids is 2. The Hall–Kier alpha value is -4.84. The summed E-state index contributed by atoms with van der Waals surface area (Å²) in [5, 5.41) is 11.7. The monoisotopic (exact) mass is 616 g/mol. The number of benzene rings is 3. The van der Waals surface area contributed by atoms with Crippen molar-refractivity contribution >= 4 is 46.5 Å². The van der Waals surface area contributed by atoms with E-state index in [4.69, 9.17) is 0 Å². The molecule has 1 N–H and O–H groups in total. The largest absolute Gasteiger partial charge is 0.416 e. The predicted molar refractivity (Wildman–Crippen MR) is 167 cm³/mol. The number of aryl methyl sites for hydroxylation is 1. The van der Waals surface area contributed by atoms with Gasteiger partial charge in [-0.3, -0.25) is 14.5 Å². The molecule has 1 aromatic heterocycles. The highest BCUT2D eigenvalue weighted by Gasteiger charge is 2.32. The van der Waals surface area contributed by atoms with E-state index in [9.17, 15) is 22.8 Å². The van der Waals surface area contributed by atoms with Crippen LogP contribution in [0.5, 0.6) is 0 Å². The summed E-state index contributed by atoms with van der Waals surface area (Å²) >= 11 is 1.34. The van der Waals surface area contributed by atoms with E-state index in [1.807, 2.05) is 25.1 Å². The van der Waals surface area contributed by atoms with Crippen molar-refractivity contribution in [2.75, 3.05) is 16.0 Å². The van der Waals surface area contributed by atoms with Crippen LogP contribution in [0.4, 0.5) is 24.7 Å². The molecule has 0 saturated carbocycles. The van der Waals surface area contributed by atoms with Gasteiger partial charge in [0.25, 0.3) is 5.91 Å². The van der Waals surface area contributed by atoms with Gasteiger partial charge in [-0.2, -0.15) is 18.3 Å². The third kappa shape index (κ3) is 7.03. The average molecular weight is 617 g/mol. The third-order valence-corrected chi connectivity index (χ3v) is 7.62. The number of halogens is 3. The summed E-state index contributed by atoms with van der Waals surface area (Å²) in [6.45, 7) is 6.16. The molecule has 0 aliphatic carbocycles. The Bertz CT molecular complexity index is 1750. The first-order chi connectivity index (χ1) is 21.0. The molecule has 3 aromatic carbocycles. The fourth-order valence-electron chi connectivity index (χ4n) is 4.44. The van der Waals surface area contributed by atoms with Gasteiger partial charge >= 0.3 is 6.18 Å². The van der Waals surface area contributed by atoms with E-state index in [0.717, 1.165) is 46.6 Å². The molecule has 2 heterocycles. The molecule has 1 saturated heterocycles. The van der Waals surface area contributed by atoms with E-state index in [1.165, 1.54) is 24.0 Å². The first-order valence-electron chi connectivity index (χ1n) is 13.6. The Morgan fingerprint density at radius 3 is 2.45 bits per heavy atom. The quantitative estimate of drug-likeness (QED) is 0.173. The van der Waals surface area contributed by atoms with Crippen LogP contribution in [0.1, 0.15) is 52.4 Å². The maximum absolute atomic E-state index is 12.8. The lowest BCUT2D eigenvalue weighted by molar-refractivity contribution is -0.137. The molecule has 0 bridgehead atoms. The number of nitrogens with one attached hydrogen (secondary N) is 1. The lowest BCUT2D eigenvalue weighted by Crippen LogP contribution is -2.30. The van der Waals surface area contributed by atoms with E-state index in [2.05, 4.69) is 39.3 Å². The van der Waals surface area contributed by atoms with Gasteiger partial charge in [0.2, 0.25) is 5.91 Å². The van der Waals surface area contributed by atoms with Gasteiger partial charge in [-0.05, 0) is 65.9 Å². The van der Waals surface area contributed by atoms with Gasteiger partial charge in [-0.25, -0.2) is 9.97 Å². The van der Waals surface area contributed by atoms with Crippen molar-refractivity contribution in [3.8, 4) is 11.4 Å². The molecule has 2 amide bonds. The summed E-state index contributed by atoms with van der Waals surface area (Å²) in [4.78, 5) is 35.6. The standard InChI is InChI=1S/C32H27F3N6O2S/c1-19(2)25-13-4-20(3)16-26(25)41-28(42)18-44-31(41)40-37-17-21-5-7-22(8-6-21)29-36-15-14-27(38-29)39-30(43)23-9-11-24(12-10-23)32(33,34)35/h4-17,19H,18H2,1-3H3,(H,36,38,39,43)/b37-17+,40-31-. The minimum absolute atomic E-state index is 0.0430. The molecule has 0 unspecified atom stereocenters. The molecule has 1 fully saturated rings. The second-order valence-corrected chi connectivity index (χ2v) is 11.2. The number of carbonyl (C=O) groups is 2. The fourth-order valence-corrected chi connectivity index (χ4v) is 5.25. The molecule has 0 atom stereocenters. The maximum atomic E-state index is 12.8. The van der Waals surface area contributed by atoms with E-state index >= 15 is 0 Å². The number of rotatable bonds is 7. The van der Waals surface area contributed by atoms with Gasteiger partial charge in [0.05, 0.1) is 23.2 Å². The zero-order valence-electron chi connectivity index (χ0n) is 24.0. The summed E-state index contributed by atoms with van der Waals surface area (Å²) in [6, 6.07) is 18.7. The Morgan fingerprint density at radius 2 is 1.77 bits per heavy atom. The van der Waals surface area contributed by atoms with Gasteiger partial charge in [-0.1, -0.05) is 62.0 Å². The number of aromatic nitrogens is 2. The molecule has 44 heavy (non-hydrogen) atoms. The molecule has 12 heteroatoms. The SMILES string of the molecule is Cc1ccc(C(C)C)c(N2C(=O)CS/C2=N\N=C\c2ccc(-c3nccc(NC(=O)c4ccc(C(F)(F)F)cc4)n3)cc2)c1. The van der Waals surface area contributed by atoms with E-state index in [1.54, 1.807) is 35.4 Å². The van der Waals surface area contributed by atoms with Crippen molar-refractivity contribution in [3.63, 3.8) is 0 Å². The lowest BCUT2D eigenvalue weighted by Gasteiger charge is -2.21. The van der Waals surface area contributed by atoms with Crippen molar-refractivity contribution in [2.24, 2.45) is 10.2 Å². The Balaban J connectivity index is 1.27. The van der Waals surface area contributed by atoms with Crippen molar-refractivity contribution < 1.29 is 22.8 Å². The zero-order chi connectivity index (χ0) is 31.4. The smallest absolute Gasteiger partial charge is 0.306 e. The number of amides is 2. The molecule has 5 rings (SSSR count). The molecule has 224 valence electrons. The number of amidine groups is 1. The molecular weight excluding hydrogens is 589 g/mol. The van der Waals surface area contributed by atoms with Crippen LogP contribution in [-0.4, -0.2) is 38.9 Å². The Labute approximate surface area is 256 Å². The molecule has 1 aliphatic rings. The topological polar surface area (TPSA) is 99.9 Å². The van der Waals surface area contributed by atoms with Crippen molar-refractivity contribution in [3.05, 3.63) is 107 Å². The predicted octanol–water partition coefficient (Wildman–Crippen LogP) is 7.32. The van der Waals surface area contributed by atoms with Crippen LogP contribution in [0.3, 0.4) is 0 Å². The molecule has 0 radical (unpaired) electrons. The van der Waals surface area contributed by atoms with E-state index in [-0.39, 0.29) is 23.2 Å². The molecule has 1 aliphatic heterocycles. The highest BCUT2D eigenvalue weighted by atomic mass is 32.2. The van der Waals surface area contributed by atoms with Crippen molar-refractivity contribution in [2.45, 2.75) is 32.9 Å². The number of hydrogen-bond donors (Lipinski definition) is 1. The van der Waals surface area contributed by atoms with Crippen molar-refractivity contribution in [1.82, 2.24) is 9.97 Å². The van der Waals surface area contributed by atoms with Crippen LogP contribution in [0.25, 0.3) is 11.4 Å². The minimum atomic E-state index is -4.48. The van der Waals surface area contributed by atoms with Crippen LogP contribution < -0.4 is 10.2 Å². The number of thioether (sulfide) groups is 1. The maximum Gasteiger partial charge on any atom is 0.416 e. The van der Waals surface area contributed by atoms with Gasteiger partial charge < -0.3 is 5.32 Å². The molecule has 4 aromatic rings. The zero-order valence-corrected chi connectivity index (χ0v) is 24.8. The summed E-state index contributed by atoms with van der Waals surface area (Å²) in [5.41, 5.74) is 3.58. The van der Waals surface area contributed by atoms with Gasteiger partial charge in [0.1, 0.15) is 5.82 Å². The van der Waals surface area contributed by atoms with Gasteiger partial charge in [0.15, 0.2) is 11.0 Å². The normalized spacial score (nSPS) is 14.7. The summed E-state index contributed by atoms with van der Waals surface area (Å²) < 4.78 is 38.4. The molecule has 0 spiro atoms. The Kier molecular flexibility index (Phi) is 8.91. The number of nitrogens with zero attached hydrogens (tertiary/aromatic N) is 5. The number of anilines is 2. The highest BCUT2D eigenvalue weighted by molar-refractivity contribution is 8.15. The first-order valence-corrected chi connectivity index (χ1v) is 14.6. The molecule has 8 nitrogen and oxygen atoms in total. The second kappa shape index (κ2) is 12.8. The summed E-state index contributed by atoms with van der Waals surface area (Å²) in [6.07, 6.45) is -1.43. The second-order valence-electron chi connectivity index (χ2n) is 10.3. The number of alkyl halides is 3. The summed E-state index contributed by atoms with van der Waals surface area (Å²) in [7, 11) is 0. The highest BCUT2D eigenvalue weighted by Crippen LogP contribution is 2.34. The van der Waals surface area contributed by atoms with Crippen LogP contribution in [0.15, 0.2) is 89.2 Å². The number of hydrogen-bond acceptors (Lipinski definition) is 7. The van der Waals surface area contributed by atoms with Crippen LogP contribution in [0.2, 0.25) is 0 Å². The summed E-state index contributed by atoms with van der Waals surface area (Å²) in [5.74, 6) is 0.419. The van der Waals surface area contributed by atoms with Crippen molar-refractivity contribution in [1.29, 1.82) is 0 Å². The van der Waals surface area contributed by atoms with Crippen LogP contribution >= 0.6 is 11.8 Å².